The Balaban J connectivity index is 2.41. The first-order chi connectivity index (χ1) is 9.22. The van der Waals surface area contributed by atoms with Crippen LogP contribution in [0.1, 0.15) is 5.56 Å². The number of H-pyrrole nitrogens is 1. The highest BCUT2D eigenvalue weighted by molar-refractivity contribution is 9.10. The molecule has 1 N–H and O–H groups in total. The summed E-state index contributed by atoms with van der Waals surface area (Å²) in [7, 11) is 0. The second-order valence-corrected chi connectivity index (χ2v) is 4.70. The fourth-order valence-electron chi connectivity index (χ4n) is 1.86. The summed E-state index contributed by atoms with van der Waals surface area (Å²) in [5, 5.41) is 11.7. The monoisotopic (exact) mass is 314 g/mol. The van der Waals surface area contributed by atoms with Crippen molar-refractivity contribution in [3.63, 3.8) is 0 Å². The number of aromatic nitrogens is 3. The number of halogens is 1. The van der Waals surface area contributed by atoms with E-state index >= 15 is 0 Å². The lowest BCUT2D eigenvalue weighted by molar-refractivity contribution is 0.893. The van der Waals surface area contributed by atoms with E-state index in [0.717, 1.165) is 5.56 Å². The second-order valence-electron chi connectivity index (χ2n) is 3.90. The van der Waals surface area contributed by atoms with E-state index in [4.69, 9.17) is 5.26 Å². The molecular weight excluding hydrogens is 308 g/mol. The summed E-state index contributed by atoms with van der Waals surface area (Å²) in [6, 6.07) is 11.4. The number of hydrogen-bond donors (Lipinski definition) is 1. The van der Waals surface area contributed by atoms with Crippen molar-refractivity contribution in [3.8, 4) is 17.3 Å². The number of nitriles is 1. The van der Waals surface area contributed by atoms with Gasteiger partial charge in [-0.05, 0) is 15.9 Å². The maximum absolute atomic E-state index is 12.2. The summed E-state index contributed by atoms with van der Waals surface area (Å²) in [5.41, 5.74) is 1.74. The van der Waals surface area contributed by atoms with E-state index in [1.54, 1.807) is 0 Å². The molecule has 0 saturated carbocycles. The number of aromatic amines is 1. The molecule has 2 heterocycles. The molecule has 0 atom stereocenters. The molecule has 0 unspecified atom stereocenters. The molecule has 92 valence electrons. The summed E-state index contributed by atoms with van der Waals surface area (Å²) in [6.45, 7) is 0. The molecule has 6 heteroatoms. The van der Waals surface area contributed by atoms with Crippen LogP contribution in [0.15, 0.2) is 45.8 Å². The minimum atomic E-state index is -0.273. The van der Waals surface area contributed by atoms with Gasteiger partial charge in [-0.2, -0.15) is 9.78 Å². The highest BCUT2D eigenvalue weighted by Crippen LogP contribution is 2.24. The van der Waals surface area contributed by atoms with E-state index in [1.165, 1.54) is 10.7 Å². The number of rotatable bonds is 1. The van der Waals surface area contributed by atoms with Gasteiger partial charge in [0, 0.05) is 11.8 Å². The lowest BCUT2D eigenvalue weighted by atomic mass is 10.1. The molecule has 0 bridgehead atoms. The van der Waals surface area contributed by atoms with Crippen LogP contribution >= 0.6 is 15.9 Å². The van der Waals surface area contributed by atoms with Gasteiger partial charge < -0.3 is 0 Å². The predicted molar refractivity (Wildman–Crippen MR) is 73.7 cm³/mol. The Morgan fingerprint density at radius 1 is 1.32 bits per heavy atom. The van der Waals surface area contributed by atoms with Gasteiger partial charge in [0.15, 0.2) is 5.65 Å². The molecule has 0 radical (unpaired) electrons. The number of nitrogens with zero attached hydrogens (tertiary/aromatic N) is 3. The SMILES string of the molecule is N#Cc1c[nH]n2c(=O)c(Br)c(-c3ccccc3)nc12. The fraction of sp³-hybridized carbons (Fsp3) is 0. The van der Waals surface area contributed by atoms with Crippen LogP contribution in [0.2, 0.25) is 0 Å². The van der Waals surface area contributed by atoms with Gasteiger partial charge in [0.1, 0.15) is 16.1 Å². The number of fused-ring (bicyclic) bond motifs is 1. The Morgan fingerprint density at radius 2 is 2.05 bits per heavy atom. The van der Waals surface area contributed by atoms with E-state index in [9.17, 15) is 4.79 Å². The van der Waals surface area contributed by atoms with E-state index in [-0.39, 0.29) is 5.56 Å². The van der Waals surface area contributed by atoms with E-state index in [1.807, 2.05) is 36.4 Å². The van der Waals surface area contributed by atoms with E-state index < -0.39 is 0 Å². The van der Waals surface area contributed by atoms with Crippen molar-refractivity contribution in [1.29, 1.82) is 5.26 Å². The Morgan fingerprint density at radius 3 is 2.74 bits per heavy atom. The largest absolute Gasteiger partial charge is 0.295 e. The average Bonchev–Trinajstić information content (AvgIpc) is 2.86. The molecule has 0 aliphatic carbocycles. The molecule has 0 amide bonds. The van der Waals surface area contributed by atoms with Crippen molar-refractivity contribution in [2.75, 3.05) is 0 Å². The fourth-order valence-corrected chi connectivity index (χ4v) is 2.36. The summed E-state index contributed by atoms with van der Waals surface area (Å²) in [5.74, 6) is 0. The summed E-state index contributed by atoms with van der Waals surface area (Å²) in [4.78, 5) is 16.6. The van der Waals surface area contributed by atoms with Crippen LogP contribution in [0.4, 0.5) is 0 Å². The second kappa shape index (κ2) is 4.37. The highest BCUT2D eigenvalue weighted by Gasteiger charge is 2.15. The first kappa shape index (κ1) is 11.7. The molecule has 0 fully saturated rings. The van der Waals surface area contributed by atoms with Gasteiger partial charge in [-0.1, -0.05) is 30.3 Å². The topological polar surface area (TPSA) is 73.9 Å². The molecule has 0 saturated heterocycles. The van der Waals surface area contributed by atoms with Crippen molar-refractivity contribution in [2.45, 2.75) is 0 Å². The Bertz CT molecular complexity index is 858. The van der Waals surface area contributed by atoms with Crippen LogP contribution in [0.5, 0.6) is 0 Å². The minimum absolute atomic E-state index is 0.273. The normalized spacial score (nSPS) is 10.5. The maximum atomic E-state index is 12.2. The summed E-state index contributed by atoms with van der Waals surface area (Å²) in [6.07, 6.45) is 1.46. The predicted octanol–water partition coefficient (Wildman–Crippen LogP) is 2.32. The summed E-state index contributed by atoms with van der Waals surface area (Å²) >= 11 is 3.27. The number of hydrogen-bond acceptors (Lipinski definition) is 3. The third-order valence-electron chi connectivity index (χ3n) is 2.77. The molecule has 3 aromatic rings. The van der Waals surface area contributed by atoms with Crippen LogP contribution in [-0.4, -0.2) is 14.6 Å². The van der Waals surface area contributed by atoms with Crippen LogP contribution in [-0.2, 0) is 0 Å². The average molecular weight is 315 g/mol. The molecule has 3 rings (SSSR count). The zero-order valence-electron chi connectivity index (χ0n) is 9.59. The quantitative estimate of drug-likeness (QED) is 0.749. The van der Waals surface area contributed by atoms with Crippen molar-refractivity contribution in [2.24, 2.45) is 0 Å². The minimum Gasteiger partial charge on any atom is -0.295 e. The van der Waals surface area contributed by atoms with Crippen molar-refractivity contribution < 1.29 is 0 Å². The third kappa shape index (κ3) is 1.75. The van der Waals surface area contributed by atoms with Crippen molar-refractivity contribution in [1.82, 2.24) is 14.6 Å². The zero-order chi connectivity index (χ0) is 13.4. The molecule has 2 aromatic heterocycles. The van der Waals surface area contributed by atoms with Gasteiger partial charge >= 0.3 is 0 Å². The third-order valence-corrected chi connectivity index (χ3v) is 3.49. The molecule has 5 nitrogen and oxygen atoms in total. The lowest BCUT2D eigenvalue weighted by Gasteiger charge is -2.04. The standard InChI is InChI=1S/C13H7BrN4O/c14-10-11(8-4-2-1-3-5-8)17-12-9(6-15)7-16-18(12)13(10)19/h1-5,7,16H. The first-order valence-electron chi connectivity index (χ1n) is 5.47. The van der Waals surface area contributed by atoms with Gasteiger partial charge in [-0.15, -0.1) is 0 Å². The molecular formula is C13H7BrN4O. The zero-order valence-corrected chi connectivity index (χ0v) is 11.2. The summed E-state index contributed by atoms with van der Waals surface area (Å²) < 4.78 is 1.61. The molecule has 19 heavy (non-hydrogen) atoms. The highest BCUT2D eigenvalue weighted by atomic mass is 79.9. The van der Waals surface area contributed by atoms with Crippen molar-refractivity contribution >= 4 is 21.6 Å². The van der Waals surface area contributed by atoms with Crippen LogP contribution in [0.3, 0.4) is 0 Å². The lowest BCUT2D eigenvalue weighted by Crippen LogP contribution is -2.17. The van der Waals surface area contributed by atoms with Gasteiger partial charge in [0.05, 0.1) is 5.69 Å². The van der Waals surface area contributed by atoms with Crippen molar-refractivity contribution in [3.05, 3.63) is 56.9 Å². The molecule has 0 spiro atoms. The molecule has 0 aliphatic rings. The smallest absolute Gasteiger partial charge is 0.287 e. The number of nitrogens with one attached hydrogen (secondary N) is 1. The van der Waals surface area contributed by atoms with E-state index in [0.29, 0.717) is 21.4 Å². The van der Waals surface area contributed by atoms with Crippen LogP contribution < -0.4 is 5.56 Å². The number of benzene rings is 1. The Kier molecular flexibility index (Phi) is 2.69. The van der Waals surface area contributed by atoms with Crippen LogP contribution in [0.25, 0.3) is 16.9 Å². The Labute approximate surface area is 116 Å². The van der Waals surface area contributed by atoms with Gasteiger partial charge in [0.2, 0.25) is 0 Å². The van der Waals surface area contributed by atoms with Gasteiger partial charge in [-0.3, -0.25) is 9.89 Å². The first-order valence-corrected chi connectivity index (χ1v) is 6.27. The molecule has 0 aliphatic heterocycles. The van der Waals surface area contributed by atoms with Gasteiger partial charge in [-0.25, -0.2) is 4.98 Å². The maximum Gasteiger partial charge on any atom is 0.287 e. The van der Waals surface area contributed by atoms with E-state index in [2.05, 4.69) is 26.0 Å². The van der Waals surface area contributed by atoms with Gasteiger partial charge in [0.25, 0.3) is 5.56 Å². The van der Waals surface area contributed by atoms with Crippen LogP contribution in [0, 0.1) is 11.3 Å². The Hall–Kier alpha value is -2.39. The molecule has 1 aromatic carbocycles.